The Morgan fingerprint density at radius 1 is 0.767 bits per heavy atom. The number of carbonyl (C=O) groups is 2. The predicted octanol–water partition coefficient (Wildman–Crippen LogP) is 10.3. The number of H-pyrrole nitrogens is 1. The Balaban J connectivity index is 1.00. The quantitative estimate of drug-likeness (QED) is 0.0475. The van der Waals surface area contributed by atoms with E-state index in [9.17, 15) is 45.6 Å². The molecule has 0 amide bonds. The number of methoxy groups -OCH3 is 1. The molecular weight excluding hydrogens is 1130 g/mol. The van der Waals surface area contributed by atoms with Crippen LogP contribution in [0.1, 0.15) is 146 Å². The number of aromatic amines is 1. The van der Waals surface area contributed by atoms with Gasteiger partial charge in [-0.25, -0.2) is 0 Å². The van der Waals surface area contributed by atoms with Gasteiger partial charge in [0, 0.05) is 85.9 Å². The Kier molecular flexibility index (Phi) is 20.5. The third-order valence-corrected chi connectivity index (χ3v) is 20.7. The summed E-state index contributed by atoms with van der Waals surface area (Å²) in [6, 6.07) is 28.8. The minimum atomic E-state index is -1.90. The molecule has 0 radical (unpaired) electrons. The zero-order chi connectivity index (χ0) is 63.2. The van der Waals surface area contributed by atoms with Crippen molar-refractivity contribution < 1.29 is 55.2 Å². The van der Waals surface area contributed by atoms with E-state index in [-0.39, 0.29) is 96.9 Å². The number of hydrogen-bond acceptors (Lipinski definition) is 14. The number of nitrogens with one attached hydrogen (secondary N) is 4. The number of dihydropyridines is 1. The van der Waals surface area contributed by atoms with E-state index >= 15 is 4.79 Å². The van der Waals surface area contributed by atoms with Gasteiger partial charge in [-0.3, -0.25) is 9.59 Å². The van der Waals surface area contributed by atoms with Crippen molar-refractivity contribution in [1.29, 1.82) is 0 Å². The molecule has 476 valence electrons. The smallest absolute Gasteiger partial charge is 0.173 e. The van der Waals surface area contributed by atoms with Gasteiger partial charge in [0.25, 0.3) is 0 Å². The predicted molar refractivity (Wildman–Crippen MR) is 349 cm³/mol. The number of β-amino-alcohol motifs (C(OH)–C–C–N with tert-alkyl or cyclic N) is 1. The molecular formula is C75H90N4O11. The average molecular weight is 1220 g/mol. The average Bonchev–Trinajstić information content (AvgIpc) is 0.973. The number of phenolic OH excluding ortho intramolecular Hbond substituents is 2. The summed E-state index contributed by atoms with van der Waals surface area (Å²) in [7, 11) is 1.47. The van der Waals surface area contributed by atoms with Gasteiger partial charge in [-0.05, 0) is 198 Å². The molecule has 5 aliphatic rings. The topological polar surface area (TPSA) is 257 Å². The SMILES string of the molecule is CCCC1C(O)Cc2cc(c[nH]2)C(C)CNCC(O)Cc2ccc3ccc(cc3c2O)NC2=CC(=CCN2)CC2CC3C#CC(c4ccccc4C4CCC(Cc5cccc(O)c5CO)C(CO)C4)c4cc(O)c(OC)cc4CCC(=O)C(O)C(=O)C3CC1C2. The molecule has 2 fully saturated rings. The molecule has 3 heterocycles. The van der Waals surface area contributed by atoms with Crippen LogP contribution in [0.2, 0.25) is 0 Å². The summed E-state index contributed by atoms with van der Waals surface area (Å²) in [6.07, 6.45) is 9.73. The Morgan fingerprint density at radius 3 is 2.39 bits per heavy atom. The van der Waals surface area contributed by atoms with Crippen LogP contribution in [0.25, 0.3) is 10.8 Å². The normalized spacial score (nSPS) is 27.9. The lowest BCUT2D eigenvalue weighted by Gasteiger charge is -2.37. The number of phenols is 3. The van der Waals surface area contributed by atoms with Crippen LogP contribution >= 0.6 is 0 Å². The number of aromatic nitrogens is 1. The number of allylic oxidation sites excluding steroid dienone is 2. The fourth-order valence-corrected chi connectivity index (χ4v) is 15.8. The van der Waals surface area contributed by atoms with Crippen LogP contribution in [0.4, 0.5) is 5.69 Å². The van der Waals surface area contributed by atoms with Crippen LogP contribution in [0.15, 0.2) is 121 Å². The number of rotatable bonds is 9. The van der Waals surface area contributed by atoms with Crippen molar-refractivity contribution in [3.8, 4) is 34.8 Å². The number of benzene rings is 5. The Bertz CT molecular complexity index is 3670. The number of anilines is 1. The van der Waals surface area contributed by atoms with Crippen LogP contribution in [0, 0.1) is 53.3 Å². The van der Waals surface area contributed by atoms with Crippen molar-refractivity contribution >= 4 is 28.0 Å². The lowest BCUT2D eigenvalue weighted by Crippen LogP contribution is -2.40. The molecule has 12 N–H and O–H groups in total. The molecule has 13 atom stereocenters. The van der Waals surface area contributed by atoms with Crippen molar-refractivity contribution in [3.05, 3.63) is 171 Å². The molecule has 15 heteroatoms. The summed E-state index contributed by atoms with van der Waals surface area (Å²) in [5.74, 6) is 4.85. The molecule has 15 nitrogen and oxygen atoms in total. The summed E-state index contributed by atoms with van der Waals surface area (Å²) in [5, 5.41) is 103. The van der Waals surface area contributed by atoms with Gasteiger partial charge in [-0.2, -0.15) is 0 Å². The second-order valence-electron chi connectivity index (χ2n) is 26.5. The molecule has 1 aromatic heterocycles. The van der Waals surface area contributed by atoms with Gasteiger partial charge < -0.3 is 66.5 Å². The van der Waals surface area contributed by atoms with Crippen LogP contribution in [-0.2, 0) is 41.9 Å². The third kappa shape index (κ3) is 14.3. The van der Waals surface area contributed by atoms with Gasteiger partial charge >= 0.3 is 0 Å². The second kappa shape index (κ2) is 28.8. The largest absolute Gasteiger partial charge is 0.508 e. The third-order valence-electron chi connectivity index (χ3n) is 20.7. The van der Waals surface area contributed by atoms with Crippen molar-refractivity contribution in [3.63, 3.8) is 0 Å². The highest BCUT2D eigenvalue weighted by Crippen LogP contribution is 2.48. The highest BCUT2D eigenvalue weighted by atomic mass is 16.5. The summed E-state index contributed by atoms with van der Waals surface area (Å²) in [6.45, 7) is 5.35. The standard InChI is InChI=1S/C75H90N4O11/c1-4-8-60-53-27-45(25-44-23-24-77-72(28-44)79-56-20-17-46-13-16-52(73(87)65(46)35-56)32-58(82)40-76-38-43(2)54-31-57(78-39-54)36-69(60)85)26-49-18-21-62(63-37-70(86)71(90-3)34-51(63)19-22-68(84)75(89)74(88)64(49)33-53)61-11-6-5-10-59(61)50-15-14-47(55(30-50)41-80)29-48-9-7-12-67(83)66(48)42-81/h5-7,9-13,16-17,20,23,28,31,34-35,37,39,43,45,47,49-50,53,55,58,60,62,64,69,75-83,85-87,89H,4,8,14-15,19,22,24-27,29-30,32-33,36,38,40-42H2,1-3H3. The van der Waals surface area contributed by atoms with Crippen LogP contribution in [0.5, 0.6) is 23.0 Å². The summed E-state index contributed by atoms with van der Waals surface area (Å²) >= 11 is 0. The number of ether oxygens (including phenoxy) is 1. The maximum atomic E-state index is 15.4. The zero-order valence-electron chi connectivity index (χ0n) is 52.1. The molecule has 13 unspecified atom stereocenters. The number of aromatic hydroxyl groups is 3. The van der Waals surface area contributed by atoms with Crippen LogP contribution in [-0.4, -0.2) is 109 Å². The zero-order valence-corrected chi connectivity index (χ0v) is 52.1. The molecule has 3 aliphatic carbocycles. The van der Waals surface area contributed by atoms with Gasteiger partial charge in [0.15, 0.2) is 29.2 Å². The first-order chi connectivity index (χ1) is 43.6. The van der Waals surface area contributed by atoms with E-state index in [2.05, 4.69) is 77.0 Å². The molecule has 6 aromatic rings. The first kappa shape index (κ1) is 64.1. The maximum Gasteiger partial charge on any atom is 0.173 e. The lowest BCUT2D eigenvalue weighted by atomic mass is 9.68. The van der Waals surface area contributed by atoms with Crippen molar-refractivity contribution in [2.45, 2.75) is 146 Å². The number of fused-ring (bicyclic) bond motifs is 9. The van der Waals surface area contributed by atoms with Gasteiger partial charge in [-0.15, -0.1) is 0 Å². The molecule has 90 heavy (non-hydrogen) atoms. The Labute approximate surface area is 528 Å². The monoisotopic (exact) mass is 1220 g/mol. The van der Waals surface area contributed by atoms with Gasteiger partial charge in [0.1, 0.15) is 17.3 Å². The first-order valence-corrected chi connectivity index (χ1v) is 32.8. The number of aliphatic hydroxyl groups is 5. The molecule has 0 spiro atoms. The second-order valence-corrected chi connectivity index (χ2v) is 26.5. The van der Waals surface area contributed by atoms with E-state index in [1.807, 2.05) is 54.7 Å². The molecule has 9 bridgehead atoms. The van der Waals surface area contributed by atoms with E-state index in [1.54, 1.807) is 24.3 Å². The summed E-state index contributed by atoms with van der Waals surface area (Å²) in [4.78, 5) is 33.4. The van der Waals surface area contributed by atoms with Gasteiger partial charge in [-0.1, -0.05) is 92.8 Å². The van der Waals surface area contributed by atoms with Crippen molar-refractivity contribution in [1.82, 2.24) is 15.6 Å². The van der Waals surface area contributed by atoms with Crippen LogP contribution < -0.4 is 20.7 Å². The van der Waals surface area contributed by atoms with E-state index in [0.717, 1.165) is 69.7 Å². The number of hydrogen-bond donors (Lipinski definition) is 12. The number of aryl methyl sites for hydroxylation is 1. The minimum Gasteiger partial charge on any atom is -0.508 e. The fraction of sp³-hybridized carbons (Fsp3) is 0.467. The van der Waals surface area contributed by atoms with E-state index < -0.39 is 47.6 Å². The number of carbonyl (C=O) groups excluding carboxylic acids is 2. The molecule has 2 saturated carbocycles. The molecule has 5 aromatic carbocycles. The fourth-order valence-electron chi connectivity index (χ4n) is 15.8. The number of aliphatic hydroxyl groups excluding tert-OH is 5. The summed E-state index contributed by atoms with van der Waals surface area (Å²) in [5.41, 5.74) is 9.14. The molecule has 2 aliphatic heterocycles. The van der Waals surface area contributed by atoms with Crippen LogP contribution in [0.3, 0.4) is 0 Å². The highest BCUT2D eigenvalue weighted by Gasteiger charge is 2.44. The highest BCUT2D eigenvalue weighted by molar-refractivity contribution is 6.06. The van der Waals surface area contributed by atoms with Crippen molar-refractivity contribution in [2.24, 2.45) is 41.4 Å². The maximum absolute atomic E-state index is 15.4. The Hall–Kier alpha value is -7.42. The van der Waals surface area contributed by atoms with E-state index in [1.165, 1.54) is 7.11 Å². The summed E-state index contributed by atoms with van der Waals surface area (Å²) < 4.78 is 5.67. The Morgan fingerprint density at radius 2 is 1.59 bits per heavy atom. The minimum absolute atomic E-state index is 0.00504. The van der Waals surface area contributed by atoms with Gasteiger partial charge in [0.2, 0.25) is 0 Å². The van der Waals surface area contributed by atoms with E-state index in [4.69, 9.17) is 4.74 Å². The number of ketones is 2. The molecule has 0 saturated heterocycles. The first-order valence-electron chi connectivity index (χ1n) is 32.8. The number of Topliss-reactive ketones (excluding diaryl/α,β-unsaturated/α-hetero) is 2. The van der Waals surface area contributed by atoms with Crippen molar-refractivity contribution in [2.75, 3.05) is 38.7 Å². The lowest BCUT2D eigenvalue weighted by molar-refractivity contribution is -0.142. The van der Waals surface area contributed by atoms with E-state index in [0.29, 0.717) is 98.6 Å². The van der Waals surface area contributed by atoms with Gasteiger partial charge in [0.05, 0.1) is 31.8 Å². The molecule has 11 rings (SSSR count).